The molecule has 0 aliphatic rings. The zero-order valence-corrected chi connectivity index (χ0v) is 9.28. The Bertz CT molecular complexity index is 514. The van der Waals surface area contributed by atoms with E-state index in [9.17, 15) is 4.79 Å². The van der Waals surface area contributed by atoms with E-state index in [0.717, 1.165) is 28.9 Å². The van der Waals surface area contributed by atoms with Crippen LogP contribution in [0.4, 0.5) is 0 Å². The second-order valence-corrected chi connectivity index (χ2v) is 3.60. The van der Waals surface area contributed by atoms with Crippen molar-refractivity contribution in [2.24, 2.45) is 0 Å². The van der Waals surface area contributed by atoms with Gasteiger partial charge in [0.25, 0.3) is 0 Å². The monoisotopic (exact) mass is 215 g/mol. The Labute approximate surface area is 94.1 Å². The number of para-hydroxylation sites is 1. The van der Waals surface area contributed by atoms with Crippen LogP contribution in [0.3, 0.4) is 0 Å². The highest BCUT2D eigenvalue weighted by Crippen LogP contribution is 2.31. The number of aromatic nitrogens is 1. The van der Waals surface area contributed by atoms with Gasteiger partial charge in [-0.05, 0) is 30.7 Å². The average Bonchev–Trinajstić information content (AvgIpc) is 2.70. The van der Waals surface area contributed by atoms with Gasteiger partial charge in [0, 0.05) is 5.56 Å². The second kappa shape index (κ2) is 4.23. The third-order valence-corrected chi connectivity index (χ3v) is 2.54. The molecule has 0 fully saturated rings. The molecule has 1 aromatic carbocycles. The van der Waals surface area contributed by atoms with E-state index in [2.05, 4.69) is 4.98 Å². The normalized spacial score (nSPS) is 10.1. The average molecular weight is 215 g/mol. The van der Waals surface area contributed by atoms with Gasteiger partial charge in [0.05, 0.1) is 18.5 Å². The maximum Gasteiger partial charge on any atom is 0.166 e. The van der Waals surface area contributed by atoms with Gasteiger partial charge in [-0.2, -0.15) is 0 Å². The van der Waals surface area contributed by atoms with Gasteiger partial charge in [-0.3, -0.25) is 4.79 Å². The van der Waals surface area contributed by atoms with E-state index in [1.807, 2.05) is 37.3 Å². The highest BCUT2D eigenvalue weighted by atomic mass is 16.5. The molecule has 3 heteroatoms. The Morgan fingerprint density at radius 3 is 2.69 bits per heavy atom. The number of ether oxygens (including phenoxy) is 1. The van der Waals surface area contributed by atoms with Crippen LogP contribution < -0.4 is 4.74 Å². The van der Waals surface area contributed by atoms with Crippen LogP contribution in [0.5, 0.6) is 5.75 Å². The summed E-state index contributed by atoms with van der Waals surface area (Å²) in [5.41, 5.74) is 3.51. The summed E-state index contributed by atoms with van der Waals surface area (Å²) >= 11 is 0. The quantitative estimate of drug-likeness (QED) is 0.800. The lowest BCUT2D eigenvalue weighted by atomic mass is 10.1. The molecule has 0 spiro atoms. The summed E-state index contributed by atoms with van der Waals surface area (Å²) in [6.45, 7) is 1.96. The predicted octanol–water partition coefficient (Wildman–Crippen LogP) is 2.81. The van der Waals surface area contributed by atoms with Gasteiger partial charge in [-0.15, -0.1) is 0 Å². The molecule has 0 aliphatic heterocycles. The van der Waals surface area contributed by atoms with Gasteiger partial charge in [-0.25, -0.2) is 0 Å². The fourth-order valence-electron chi connectivity index (χ4n) is 1.78. The number of aromatic amines is 1. The van der Waals surface area contributed by atoms with E-state index in [1.54, 1.807) is 7.11 Å². The van der Waals surface area contributed by atoms with Crippen molar-refractivity contribution in [3.05, 3.63) is 41.6 Å². The van der Waals surface area contributed by atoms with Crippen LogP contribution in [0.2, 0.25) is 0 Å². The standard InChI is InChI=1S/C13H13NO2/c1-9-7-10(8-15)14-13(9)11-5-3-4-6-12(11)16-2/h3-8,14H,1-2H3. The van der Waals surface area contributed by atoms with E-state index >= 15 is 0 Å². The van der Waals surface area contributed by atoms with E-state index in [0.29, 0.717) is 5.69 Å². The van der Waals surface area contributed by atoms with Crippen molar-refractivity contribution in [3.63, 3.8) is 0 Å². The highest BCUT2D eigenvalue weighted by molar-refractivity contribution is 5.78. The van der Waals surface area contributed by atoms with Gasteiger partial charge in [0.2, 0.25) is 0 Å². The third kappa shape index (κ3) is 1.72. The number of carbonyl (C=O) groups excluding carboxylic acids is 1. The molecule has 3 nitrogen and oxygen atoms in total. The maximum absolute atomic E-state index is 10.7. The Morgan fingerprint density at radius 2 is 2.06 bits per heavy atom. The molecule has 82 valence electrons. The molecular weight excluding hydrogens is 202 g/mol. The van der Waals surface area contributed by atoms with Gasteiger partial charge in [0.15, 0.2) is 6.29 Å². The molecule has 2 rings (SSSR count). The number of H-pyrrole nitrogens is 1. The smallest absolute Gasteiger partial charge is 0.166 e. The molecule has 0 bridgehead atoms. The van der Waals surface area contributed by atoms with Crippen molar-refractivity contribution in [1.29, 1.82) is 0 Å². The summed E-state index contributed by atoms with van der Waals surface area (Å²) in [6, 6.07) is 9.55. The van der Waals surface area contributed by atoms with Crippen molar-refractivity contribution >= 4 is 6.29 Å². The van der Waals surface area contributed by atoms with Crippen molar-refractivity contribution in [2.75, 3.05) is 7.11 Å². The second-order valence-electron chi connectivity index (χ2n) is 3.60. The lowest BCUT2D eigenvalue weighted by molar-refractivity contribution is 0.111. The van der Waals surface area contributed by atoms with Gasteiger partial charge in [-0.1, -0.05) is 12.1 Å². The summed E-state index contributed by atoms with van der Waals surface area (Å²) in [5.74, 6) is 0.796. The zero-order chi connectivity index (χ0) is 11.5. The summed E-state index contributed by atoms with van der Waals surface area (Å²) in [4.78, 5) is 13.8. The van der Waals surface area contributed by atoms with E-state index < -0.39 is 0 Å². The molecule has 2 aromatic rings. The third-order valence-electron chi connectivity index (χ3n) is 2.54. The summed E-state index contributed by atoms with van der Waals surface area (Å²) in [5, 5.41) is 0. The van der Waals surface area contributed by atoms with Crippen LogP contribution in [-0.2, 0) is 0 Å². The Hall–Kier alpha value is -2.03. The van der Waals surface area contributed by atoms with Gasteiger partial charge in [0.1, 0.15) is 5.75 Å². The van der Waals surface area contributed by atoms with Crippen LogP contribution in [0, 0.1) is 6.92 Å². The van der Waals surface area contributed by atoms with Gasteiger partial charge < -0.3 is 9.72 Å². The molecule has 0 radical (unpaired) electrons. The summed E-state index contributed by atoms with van der Waals surface area (Å²) < 4.78 is 5.29. The molecule has 0 unspecified atom stereocenters. The van der Waals surface area contributed by atoms with Crippen LogP contribution >= 0.6 is 0 Å². The number of methoxy groups -OCH3 is 1. The fourth-order valence-corrected chi connectivity index (χ4v) is 1.78. The van der Waals surface area contributed by atoms with E-state index in [-0.39, 0.29) is 0 Å². The topological polar surface area (TPSA) is 42.1 Å². The molecule has 16 heavy (non-hydrogen) atoms. The molecule has 0 saturated carbocycles. The zero-order valence-electron chi connectivity index (χ0n) is 9.28. The molecular formula is C13H13NO2. The largest absolute Gasteiger partial charge is 0.496 e. The van der Waals surface area contributed by atoms with Crippen molar-refractivity contribution in [1.82, 2.24) is 4.98 Å². The molecule has 1 heterocycles. The minimum Gasteiger partial charge on any atom is -0.496 e. The van der Waals surface area contributed by atoms with Crippen LogP contribution in [0.25, 0.3) is 11.3 Å². The highest BCUT2D eigenvalue weighted by Gasteiger charge is 2.10. The Balaban J connectivity index is 2.57. The molecule has 1 aromatic heterocycles. The first-order valence-corrected chi connectivity index (χ1v) is 5.04. The van der Waals surface area contributed by atoms with Crippen LogP contribution in [0.1, 0.15) is 16.1 Å². The lowest BCUT2D eigenvalue weighted by Crippen LogP contribution is -1.89. The van der Waals surface area contributed by atoms with Gasteiger partial charge >= 0.3 is 0 Å². The van der Waals surface area contributed by atoms with Crippen LogP contribution in [0.15, 0.2) is 30.3 Å². The number of aryl methyl sites for hydroxylation is 1. The van der Waals surface area contributed by atoms with E-state index in [1.165, 1.54) is 0 Å². The van der Waals surface area contributed by atoms with Crippen LogP contribution in [-0.4, -0.2) is 18.4 Å². The summed E-state index contributed by atoms with van der Waals surface area (Å²) in [7, 11) is 1.64. The fraction of sp³-hybridized carbons (Fsp3) is 0.154. The summed E-state index contributed by atoms with van der Waals surface area (Å²) in [6.07, 6.45) is 0.811. The number of aldehydes is 1. The van der Waals surface area contributed by atoms with Crippen molar-refractivity contribution in [3.8, 4) is 17.0 Å². The minimum absolute atomic E-state index is 0.582. The number of hydrogen-bond donors (Lipinski definition) is 1. The minimum atomic E-state index is 0.582. The number of hydrogen-bond acceptors (Lipinski definition) is 2. The van der Waals surface area contributed by atoms with Crippen molar-refractivity contribution < 1.29 is 9.53 Å². The molecule has 1 N–H and O–H groups in total. The Kier molecular flexibility index (Phi) is 2.77. The number of benzene rings is 1. The van der Waals surface area contributed by atoms with E-state index in [4.69, 9.17) is 4.74 Å². The SMILES string of the molecule is COc1ccccc1-c1[nH]c(C=O)cc1C. The first-order chi connectivity index (χ1) is 7.76. The maximum atomic E-state index is 10.7. The molecule has 0 atom stereocenters. The number of rotatable bonds is 3. The number of nitrogens with one attached hydrogen (secondary N) is 1. The first kappa shape index (κ1) is 10.5. The van der Waals surface area contributed by atoms with Crippen molar-refractivity contribution in [2.45, 2.75) is 6.92 Å². The first-order valence-electron chi connectivity index (χ1n) is 5.04. The molecule has 0 amide bonds. The Morgan fingerprint density at radius 1 is 1.31 bits per heavy atom. The molecule has 0 saturated heterocycles. The molecule has 0 aliphatic carbocycles. The lowest BCUT2D eigenvalue weighted by Gasteiger charge is -2.07. The predicted molar refractivity (Wildman–Crippen MR) is 62.9 cm³/mol. The number of carbonyl (C=O) groups is 1.